The first-order chi connectivity index (χ1) is 10.8. The molecule has 3 rings (SSSR count). The highest BCUT2D eigenvalue weighted by molar-refractivity contribution is 5.75. The fourth-order valence-corrected chi connectivity index (χ4v) is 2.16. The van der Waals surface area contributed by atoms with Gasteiger partial charge in [-0.05, 0) is 11.6 Å². The average molecular weight is 296 g/mol. The van der Waals surface area contributed by atoms with Gasteiger partial charge in [0.25, 0.3) is 0 Å². The van der Waals surface area contributed by atoms with Crippen molar-refractivity contribution in [3.05, 3.63) is 61.2 Å². The molecule has 2 aromatic heterocycles. The zero-order chi connectivity index (χ0) is 15.2. The maximum absolute atomic E-state index is 11.9. The quantitative estimate of drug-likeness (QED) is 0.740. The molecule has 7 nitrogen and oxygen atoms in total. The molecule has 1 amide bonds. The van der Waals surface area contributed by atoms with E-state index in [0.717, 1.165) is 11.3 Å². The van der Waals surface area contributed by atoms with E-state index in [0.29, 0.717) is 19.5 Å². The van der Waals surface area contributed by atoms with E-state index in [4.69, 9.17) is 0 Å². The Morgan fingerprint density at radius 1 is 1.18 bits per heavy atom. The second kappa shape index (κ2) is 6.66. The van der Waals surface area contributed by atoms with Crippen molar-refractivity contribution in [3.63, 3.8) is 0 Å². The third-order valence-electron chi connectivity index (χ3n) is 3.28. The Morgan fingerprint density at radius 2 is 2.09 bits per heavy atom. The van der Waals surface area contributed by atoms with Gasteiger partial charge < -0.3 is 9.88 Å². The summed E-state index contributed by atoms with van der Waals surface area (Å²) in [7, 11) is 0. The Kier molecular flexibility index (Phi) is 4.24. The van der Waals surface area contributed by atoms with Crippen LogP contribution in [-0.2, 0) is 17.9 Å². The molecule has 0 aliphatic rings. The number of hydrogen-bond acceptors (Lipinski definition) is 4. The molecule has 0 saturated carbocycles. The molecule has 0 aliphatic heterocycles. The van der Waals surface area contributed by atoms with Crippen molar-refractivity contribution in [1.82, 2.24) is 29.6 Å². The Labute approximate surface area is 127 Å². The first-order valence-corrected chi connectivity index (χ1v) is 6.98. The first-order valence-electron chi connectivity index (χ1n) is 6.98. The molecule has 22 heavy (non-hydrogen) atoms. The maximum Gasteiger partial charge on any atom is 0.222 e. The number of nitrogens with zero attached hydrogens (tertiary/aromatic N) is 5. The van der Waals surface area contributed by atoms with Crippen LogP contribution in [0.4, 0.5) is 0 Å². The van der Waals surface area contributed by atoms with Crippen LogP contribution in [0.2, 0.25) is 0 Å². The predicted octanol–water partition coefficient (Wildman–Crippen LogP) is 1.17. The van der Waals surface area contributed by atoms with Gasteiger partial charge in [0.05, 0.1) is 18.6 Å². The molecule has 1 N–H and O–H groups in total. The van der Waals surface area contributed by atoms with Crippen molar-refractivity contribution in [2.45, 2.75) is 19.5 Å². The van der Waals surface area contributed by atoms with E-state index in [1.807, 2.05) is 35.0 Å². The van der Waals surface area contributed by atoms with Crippen LogP contribution in [0.5, 0.6) is 0 Å². The van der Waals surface area contributed by atoms with Crippen molar-refractivity contribution in [1.29, 1.82) is 0 Å². The molecule has 0 atom stereocenters. The molecule has 0 bridgehead atoms. The summed E-state index contributed by atoms with van der Waals surface area (Å²) >= 11 is 0. The van der Waals surface area contributed by atoms with Crippen LogP contribution in [0.15, 0.2) is 55.6 Å². The molecular weight excluding hydrogens is 280 g/mol. The van der Waals surface area contributed by atoms with Crippen LogP contribution in [0, 0.1) is 0 Å². The number of carbonyl (C=O) groups excluding carboxylic acids is 1. The number of benzene rings is 1. The smallest absolute Gasteiger partial charge is 0.222 e. The zero-order valence-electron chi connectivity index (χ0n) is 12.0. The fourth-order valence-electron chi connectivity index (χ4n) is 2.16. The second-order valence-corrected chi connectivity index (χ2v) is 4.78. The minimum atomic E-state index is -0.0177. The number of aromatic nitrogens is 5. The van der Waals surface area contributed by atoms with Gasteiger partial charge in [-0.25, -0.2) is 9.97 Å². The van der Waals surface area contributed by atoms with Crippen molar-refractivity contribution in [2.75, 3.05) is 0 Å². The highest BCUT2D eigenvalue weighted by Gasteiger charge is 2.06. The van der Waals surface area contributed by atoms with E-state index in [2.05, 4.69) is 20.4 Å². The Bertz CT molecular complexity index is 720. The molecule has 112 valence electrons. The molecule has 0 spiro atoms. The lowest BCUT2D eigenvalue weighted by Crippen LogP contribution is -2.24. The normalized spacial score (nSPS) is 10.5. The third kappa shape index (κ3) is 3.38. The highest BCUT2D eigenvalue weighted by Crippen LogP contribution is 2.13. The average Bonchev–Trinajstić information content (AvgIpc) is 3.24. The van der Waals surface area contributed by atoms with Gasteiger partial charge in [0.15, 0.2) is 0 Å². The topological polar surface area (TPSA) is 77.6 Å². The molecular formula is C15H16N6O. The number of imidazole rings is 1. The summed E-state index contributed by atoms with van der Waals surface area (Å²) in [6.07, 6.45) is 8.78. The summed E-state index contributed by atoms with van der Waals surface area (Å²) in [5.41, 5.74) is 2.05. The van der Waals surface area contributed by atoms with Gasteiger partial charge in [-0.15, -0.1) is 0 Å². The molecule has 0 aliphatic carbocycles. The molecule has 1 aromatic carbocycles. The van der Waals surface area contributed by atoms with E-state index < -0.39 is 0 Å². The number of carbonyl (C=O) groups is 1. The monoisotopic (exact) mass is 296 g/mol. The Morgan fingerprint density at radius 3 is 2.86 bits per heavy atom. The van der Waals surface area contributed by atoms with E-state index in [1.54, 1.807) is 23.5 Å². The van der Waals surface area contributed by atoms with Crippen LogP contribution in [0.1, 0.15) is 12.0 Å². The van der Waals surface area contributed by atoms with Gasteiger partial charge in [-0.1, -0.05) is 18.2 Å². The molecule has 3 aromatic rings. The lowest BCUT2D eigenvalue weighted by atomic mass is 10.1. The highest BCUT2D eigenvalue weighted by atomic mass is 16.1. The van der Waals surface area contributed by atoms with Crippen LogP contribution in [0.25, 0.3) is 5.69 Å². The SMILES string of the molecule is O=C(CCn1cncn1)NCc1ccccc1-n1ccnc1. The Balaban J connectivity index is 1.58. The third-order valence-corrected chi connectivity index (χ3v) is 3.28. The number of aryl methyl sites for hydroxylation is 1. The van der Waals surface area contributed by atoms with E-state index in [1.165, 1.54) is 6.33 Å². The molecule has 0 fully saturated rings. The van der Waals surface area contributed by atoms with Gasteiger partial charge in [0, 0.05) is 25.4 Å². The van der Waals surface area contributed by atoms with Gasteiger partial charge in [-0.3, -0.25) is 9.48 Å². The maximum atomic E-state index is 11.9. The number of para-hydroxylation sites is 1. The molecule has 0 saturated heterocycles. The van der Waals surface area contributed by atoms with Crippen LogP contribution in [0.3, 0.4) is 0 Å². The fraction of sp³-hybridized carbons (Fsp3) is 0.200. The van der Waals surface area contributed by atoms with E-state index in [-0.39, 0.29) is 5.91 Å². The van der Waals surface area contributed by atoms with E-state index in [9.17, 15) is 4.79 Å². The van der Waals surface area contributed by atoms with Crippen LogP contribution < -0.4 is 5.32 Å². The lowest BCUT2D eigenvalue weighted by Gasteiger charge is -2.11. The van der Waals surface area contributed by atoms with Gasteiger partial charge >= 0.3 is 0 Å². The zero-order valence-corrected chi connectivity index (χ0v) is 12.0. The van der Waals surface area contributed by atoms with Crippen molar-refractivity contribution >= 4 is 5.91 Å². The first kappa shape index (κ1) is 14.0. The van der Waals surface area contributed by atoms with Crippen molar-refractivity contribution in [2.24, 2.45) is 0 Å². The van der Waals surface area contributed by atoms with Gasteiger partial charge in [-0.2, -0.15) is 5.10 Å². The lowest BCUT2D eigenvalue weighted by molar-refractivity contribution is -0.121. The van der Waals surface area contributed by atoms with Gasteiger partial charge in [0.1, 0.15) is 12.7 Å². The number of hydrogen-bond donors (Lipinski definition) is 1. The Hall–Kier alpha value is -2.96. The summed E-state index contributed by atoms with van der Waals surface area (Å²) in [5.74, 6) is -0.0177. The summed E-state index contributed by atoms with van der Waals surface area (Å²) < 4.78 is 3.57. The summed E-state index contributed by atoms with van der Waals surface area (Å²) in [4.78, 5) is 19.8. The summed E-state index contributed by atoms with van der Waals surface area (Å²) in [5, 5.41) is 6.90. The largest absolute Gasteiger partial charge is 0.352 e. The van der Waals surface area contributed by atoms with E-state index >= 15 is 0 Å². The van der Waals surface area contributed by atoms with Crippen LogP contribution in [-0.4, -0.2) is 30.2 Å². The number of nitrogens with one attached hydrogen (secondary N) is 1. The van der Waals surface area contributed by atoms with Gasteiger partial charge in [0.2, 0.25) is 5.91 Å². The van der Waals surface area contributed by atoms with Crippen molar-refractivity contribution in [3.8, 4) is 5.69 Å². The van der Waals surface area contributed by atoms with Crippen molar-refractivity contribution < 1.29 is 4.79 Å². The van der Waals surface area contributed by atoms with Crippen LogP contribution >= 0.6 is 0 Å². The standard InChI is InChI=1S/C15H16N6O/c22-15(5-7-21-12-17-10-19-21)18-9-13-3-1-2-4-14(13)20-8-6-16-11-20/h1-4,6,8,10-12H,5,7,9H2,(H,18,22). The number of rotatable bonds is 6. The summed E-state index contributed by atoms with van der Waals surface area (Å²) in [6, 6.07) is 7.91. The summed E-state index contributed by atoms with van der Waals surface area (Å²) in [6.45, 7) is 1.000. The number of amides is 1. The molecule has 0 unspecified atom stereocenters. The predicted molar refractivity (Wildman–Crippen MR) is 80.0 cm³/mol. The second-order valence-electron chi connectivity index (χ2n) is 4.78. The molecule has 2 heterocycles. The minimum Gasteiger partial charge on any atom is -0.352 e. The molecule has 0 radical (unpaired) electrons. The molecule has 7 heteroatoms. The minimum absolute atomic E-state index is 0.0177.